The number of amides is 2. The molecule has 1 aliphatic heterocycles. The van der Waals surface area contributed by atoms with Gasteiger partial charge in [0.25, 0.3) is 0 Å². The maximum Gasteiger partial charge on any atom is 0.338 e. The number of benzene rings is 1. The number of esters is 1. The number of imide groups is 1. The standard InChI is InChI=1S/C14H16N2O4/c1-2-20-14(19)10-3-5-11(6-4-10)15-9-16-12(17)7-8-13(16)18/h3-6,15H,2,7-9H2,1H3. The van der Waals surface area contributed by atoms with Gasteiger partial charge in [0.1, 0.15) is 0 Å². The zero-order valence-corrected chi connectivity index (χ0v) is 11.2. The van der Waals surface area contributed by atoms with Crippen LogP contribution in [0.3, 0.4) is 0 Å². The number of likely N-dealkylation sites (tertiary alicyclic amines) is 1. The first-order valence-electron chi connectivity index (χ1n) is 6.46. The molecule has 0 radical (unpaired) electrons. The maximum atomic E-state index is 11.5. The quantitative estimate of drug-likeness (QED) is 0.649. The van der Waals surface area contributed by atoms with Crippen molar-refractivity contribution in [1.82, 2.24) is 4.90 Å². The summed E-state index contributed by atoms with van der Waals surface area (Å²) in [5.41, 5.74) is 1.19. The summed E-state index contributed by atoms with van der Waals surface area (Å²) in [5, 5.41) is 2.98. The SMILES string of the molecule is CCOC(=O)c1ccc(NCN2C(=O)CCC2=O)cc1. The molecule has 20 heavy (non-hydrogen) atoms. The van der Waals surface area contributed by atoms with Gasteiger partial charge in [-0.3, -0.25) is 14.5 Å². The van der Waals surface area contributed by atoms with E-state index in [1.54, 1.807) is 31.2 Å². The Morgan fingerprint density at radius 3 is 2.35 bits per heavy atom. The number of hydrogen-bond donors (Lipinski definition) is 1. The summed E-state index contributed by atoms with van der Waals surface area (Å²) in [6, 6.07) is 6.68. The van der Waals surface area contributed by atoms with Crippen LogP contribution >= 0.6 is 0 Å². The molecule has 1 aromatic rings. The van der Waals surface area contributed by atoms with Crippen molar-refractivity contribution in [2.75, 3.05) is 18.6 Å². The van der Waals surface area contributed by atoms with Crippen molar-refractivity contribution in [2.45, 2.75) is 19.8 Å². The molecule has 1 aromatic carbocycles. The molecule has 1 heterocycles. The van der Waals surface area contributed by atoms with Crippen molar-refractivity contribution in [1.29, 1.82) is 0 Å². The van der Waals surface area contributed by atoms with Crippen molar-refractivity contribution in [3.63, 3.8) is 0 Å². The van der Waals surface area contributed by atoms with Crippen LogP contribution < -0.4 is 5.32 Å². The van der Waals surface area contributed by atoms with Gasteiger partial charge in [0.2, 0.25) is 11.8 Å². The van der Waals surface area contributed by atoms with Crippen molar-refractivity contribution in [3.05, 3.63) is 29.8 Å². The maximum absolute atomic E-state index is 11.5. The molecule has 0 unspecified atom stereocenters. The number of rotatable bonds is 5. The highest BCUT2D eigenvalue weighted by molar-refractivity contribution is 6.02. The number of anilines is 1. The number of carbonyl (C=O) groups excluding carboxylic acids is 3. The number of nitrogens with one attached hydrogen (secondary N) is 1. The van der Waals surface area contributed by atoms with Gasteiger partial charge in [-0.2, -0.15) is 0 Å². The minimum absolute atomic E-state index is 0.149. The molecule has 1 saturated heterocycles. The van der Waals surface area contributed by atoms with Crippen LogP contribution in [0.15, 0.2) is 24.3 Å². The molecule has 1 fully saturated rings. The first-order valence-corrected chi connectivity index (χ1v) is 6.46. The van der Waals surface area contributed by atoms with Gasteiger partial charge in [0.15, 0.2) is 0 Å². The number of ether oxygens (including phenoxy) is 1. The predicted molar refractivity (Wildman–Crippen MR) is 72.0 cm³/mol. The summed E-state index contributed by atoms with van der Waals surface area (Å²) in [6.07, 6.45) is 0.560. The second-order valence-electron chi connectivity index (χ2n) is 4.35. The van der Waals surface area contributed by atoms with Crippen LogP contribution in [0, 0.1) is 0 Å². The molecule has 6 nitrogen and oxygen atoms in total. The van der Waals surface area contributed by atoms with E-state index in [1.165, 1.54) is 4.90 Å². The largest absolute Gasteiger partial charge is 0.462 e. The molecule has 6 heteroatoms. The van der Waals surface area contributed by atoms with E-state index < -0.39 is 0 Å². The topological polar surface area (TPSA) is 75.7 Å². The lowest BCUT2D eigenvalue weighted by Crippen LogP contribution is -2.33. The van der Waals surface area contributed by atoms with E-state index in [1.807, 2.05) is 0 Å². The fourth-order valence-corrected chi connectivity index (χ4v) is 1.91. The molecule has 1 aliphatic rings. The molecule has 0 saturated carbocycles. The van der Waals surface area contributed by atoms with Gasteiger partial charge in [-0.25, -0.2) is 4.79 Å². The molecule has 0 aliphatic carbocycles. The molecular formula is C14H16N2O4. The van der Waals surface area contributed by atoms with Gasteiger partial charge < -0.3 is 10.1 Å². The van der Waals surface area contributed by atoms with Crippen LogP contribution in [0.1, 0.15) is 30.1 Å². The summed E-state index contributed by atoms with van der Waals surface area (Å²) < 4.78 is 4.88. The molecule has 2 amide bonds. The number of hydrogen-bond acceptors (Lipinski definition) is 5. The zero-order chi connectivity index (χ0) is 14.5. The summed E-state index contributed by atoms with van der Waals surface area (Å²) in [5.74, 6) is -0.694. The summed E-state index contributed by atoms with van der Waals surface area (Å²) in [6.45, 7) is 2.23. The van der Waals surface area contributed by atoms with Crippen LogP contribution in [0.5, 0.6) is 0 Å². The Kier molecular flexibility index (Phi) is 4.34. The summed E-state index contributed by atoms with van der Waals surface area (Å²) >= 11 is 0. The fourth-order valence-electron chi connectivity index (χ4n) is 1.91. The zero-order valence-electron chi connectivity index (χ0n) is 11.2. The van der Waals surface area contributed by atoms with E-state index in [2.05, 4.69) is 5.32 Å². The van der Waals surface area contributed by atoms with Crippen LogP contribution in [-0.2, 0) is 14.3 Å². The van der Waals surface area contributed by atoms with Gasteiger partial charge >= 0.3 is 5.97 Å². The first kappa shape index (κ1) is 14.0. The Hall–Kier alpha value is -2.37. The Labute approximate surface area is 116 Å². The highest BCUT2D eigenvalue weighted by Gasteiger charge is 2.28. The fraction of sp³-hybridized carbons (Fsp3) is 0.357. The molecular weight excluding hydrogens is 260 g/mol. The molecule has 2 rings (SSSR count). The third-order valence-corrected chi connectivity index (χ3v) is 2.99. The second kappa shape index (κ2) is 6.18. The summed E-state index contributed by atoms with van der Waals surface area (Å²) in [7, 11) is 0. The minimum Gasteiger partial charge on any atom is -0.462 e. The van der Waals surface area contributed by atoms with Crippen LogP contribution in [0.25, 0.3) is 0 Å². The highest BCUT2D eigenvalue weighted by Crippen LogP contribution is 2.14. The van der Waals surface area contributed by atoms with E-state index in [0.717, 1.165) is 5.69 Å². The predicted octanol–water partition coefficient (Wildman–Crippen LogP) is 1.38. The lowest BCUT2D eigenvalue weighted by atomic mass is 10.2. The average Bonchev–Trinajstić information content (AvgIpc) is 2.77. The van der Waals surface area contributed by atoms with E-state index in [-0.39, 0.29) is 37.3 Å². The van der Waals surface area contributed by atoms with Gasteiger partial charge in [-0.15, -0.1) is 0 Å². The molecule has 106 valence electrons. The van der Waals surface area contributed by atoms with Crippen LogP contribution in [0.2, 0.25) is 0 Å². The lowest BCUT2D eigenvalue weighted by molar-refractivity contribution is -0.137. The van der Waals surface area contributed by atoms with E-state index in [9.17, 15) is 14.4 Å². The number of carbonyl (C=O) groups is 3. The van der Waals surface area contributed by atoms with Crippen molar-refractivity contribution in [3.8, 4) is 0 Å². The third-order valence-electron chi connectivity index (χ3n) is 2.99. The lowest BCUT2D eigenvalue weighted by Gasteiger charge is -2.15. The van der Waals surface area contributed by atoms with Crippen molar-refractivity contribution < 1.29 is 19.1 Å². The van der Waals surface area contributed by atoms with Gasteiger partial charge in [0, 0.05) is 18.5 Å². The van der Waals surface area contributed by atoms with E-state index in [0.29, 0.717) is 12.2 Å². The molecule has 0 atom stereocenters. The Morgan fingerprint density at radius 2 is 1.80 bits per heavy atom. The van der Waals surface area contributed by atoms with Crippen LogP contribution in [0.4, 0.5) is 5.69 Å². The summed E-state index contributed by atoms with van der Waals surface area (Å²) in [4.78, 5) is 35.5. The smallest absolute Gasteiger partial charge is 0.338 e. The average molecular weight is 276 g/mol. The Bertz CT molecular complexity index is 508. The van der Waals surface area contributed by atoms with Gasteiger partial charge in [-0.1, -0.05) is 0 Å². The molecule has 0 spiro atoms. The molecule has 1 N–H and O–H groups in total. The van der Waals surface area contributed by atoms with Crippen molar-refractivity contribution >= 4 is 23.5 Å². The third kappa shape index (κ3) is 3.14. The minimum atomic E-state index is -0.371. The molecule has 0 bridgehead atoms. The Balaban J connectivity index is 1.92. The monoisotopic (exact) mass is 276 g/mol. The van der Waals surface area contributed by atoms with Crippen molar-refractivity contribution in [2.24, 2.45) is 0 Å². The van der Waals surface area contributed by atoms with E-state index >= 15 is 0 Å². The first-order chi connectivity index (χ1) is 9.61. The molecule has 0 aromatic heterocycles. The van der Waals surface area contributed by atoms with Gasteiger partial charge in [0.05, 0.1) is 18.8 Å². The van der Waals surface area contributed by atoms with Gasteiger partial charge in [-0.05, 0) is 31.2 Å². The van der Waals surface area contributed by atoms with E-state index in [4.69, 9.17) is 4.74 Å². The normalized spacial score (nSPS) is 14.6. The second-order valence-corrected chi connectivity index (χ2v) is 4.35. The highest BCUT2D eigenvalue weighted by atomic mass is 16.5. The van der Waals surface area contributed by atoms with Crippen LogP contribution in [-0.4, -0.2) is 36.0 Å². The number of nitrogens with zero attached hydrogens (tertiary/aromatic N) is 1. The Morgan fingerprint density at radius 1 is 1.20 bits per heavy atom.